The van der Waals surface area contributed by atoms with Crippen molar-refractivity contribution in [1.82, 2.24) is 10.6 Å². The summed E-state index contributed by atoms with van der Waals surface area (Å²) in [6.45, 7) is 9.14. The van der Waals surface area contributed by atoms with Gasteiger partial charge in [-0.3, -0.25) is 4.99 Å². The molecule has 1 saturated heterocycles. The summed E-state index contributed by atoms with van der Waals surface area (Å²) in [6, 6.07) is 10.3. The second-order valence-corrected chi connectivity index (χ2v) is 6.72. The molecule has 1 fully saturated rings. The minimum atomic E-state index is 0.238. The Hall–Kier alpha value is -1.59. The molecular formula is C18H29N3O2. The van der Waals surface area contributed by atoms with Gasteiger partial charge in [0.2, 0.25) is 0 Å². The molecule has 5 heteroatoms. The van der Waals surface area contributed by atoms with E-state index >= 15 is 0 Å². The molecule has 1 aromatic carbocycles. The Balaban J connectivity index is 1.59. The van der Waals surface area contributed by atoms with Gasteiger partial charge in [0.05, 0.1) is 26.4 Å². The monoisotopic (exact) mass is 319 g/mol. The summed E-state index contributed by atoms with van der Waals surface area (Å²) < 4.78 is 11.0. The SMILES string of the molecule is CN=C(NCC(C)COCc1ccccc1)NCC1(C)COC1. The smallest absolute Gasteiger partial charge is 0.191 e. The first-order chi connectivity index (χ1) is 11.1. The second kappa shape index (κ2) is 8.89. The van der Waals surface area contributed by atoms with Crippen LogP contribution in [0.15, 0.2) is 35.3 Å². The molecule has 0 spiro atoms. The van der Waals surface area contributed by atoms with E-state index in [1.807, 2.05) is 18.2 Å². The van der Waals surface area contributed by atoms with Crippen LogP contribution in [0.2, 0.25) is 0 Å². The highest BCUT2D eigenvalue weighted by molar-refractivity contribution is 5.79. The number of nitrogens with one attached hydrogen (secondary N) is 2. The first kappa shape index (κ1) is 17.8. The minimum absolute atomic E-state index is 0.238. The van der Waals surface area contributed by atoms with E-state index in [9.17, 15) is 0 Å². The van der Waals surface area contributed by atoms with Gasteiger partial charge in [-0.2, -0.15) is 0 Å². The number of guanidine groups is 1. The van der Waals surface area contributed by atoms with E-state index in [1.54, 1.807) is 7.05 Å². The number of hydrogen-bond donors (Lipinski definition) is 2. The molecule has 0 saturated carbocycles. The minimum Gasteiger partial charge on any atom is -0.380 e. The number of nitrogens with zero attached hydrogens (tertiary/aromatic N) is 1. The van der Waals surface area contributed by atoms with E-state index in [-0.39, 0.29) is 5.41 Å². The van der Waals surface area contributed by atoms with Crippen LogP contribution < -0.4 is 10.6 Å². The number of ether oxygens (including phenoxy) is 2. The quantitative estimate of drug-likeness (QED) is 0.569. The van der Waals surface area contributed by atoms with E-state index in [1.165, 1.54) is 5.56 Å². The standard InChI is InChI=1S/C18H29N3O2/c1-15(10-22-11-16-7-5-4-6-8-16)9-20-17(19-3)21-12-18(2)13-23-14-18/h4-8,15H,9-14H2,1-3H3,(H2,19,20,21). The number of hydrogen-bond acceptors (Lipinski definition) is 3. The van der Waals surface area contributed by atoms with Gasteiger partial charge in [0.1, 0.15) is 0 Å². The molecule has 5 nitrogen and oxygen atoms in total. The van der Waals surface area contributed by atoms with E-state index in [0.717, 1.165) is 38.9 Å². The van der Waals surface area contributed by atoms with Gasteiger partial charge in [-0.25, -0.2) is 0 Å². The Morgan fingerprint density at radius 3 is 2.65 bits per heavy atom. The van der Waals surface area contributed by atoms with Crippen LogP contribution in [0.3, 0.4) is 0 Å². The van der Waals surface area contributed by atoms with Crippen molar-refractivity contribution in [3.8, 4) is 0 Å². The number of rotatable bonds is 8. The number of aliphatic imine (C=N–C) groups is 1. The normalized spacial score (nSPS) is 18.1. The average Bonchev–Trinajstić information content (AvgIpc) is 2.54. The van der Waals surface area contributed by atoms with Crippen molar-refractivity contribution in [2.24, 2.45) is 16.3 Å². The maximum Gasteiger partial charge on any atom is 0.191 e. The zero-order valence-corrected chi connectivity index (χ0v) is 14.5. The Kier molecular flexibility index (Phi) is 6.86. The molecule has 2 N–H and O–H groups in total. The maximum absolute atomic E-state index is 5.77. The summed E-state index contributed by atoms with van der Waals surface area (Å²) in [7, 11) is 1.80. The van der Waals surface area contributed by atoms with Crippen LogP contribution in [0.25, 0.3) is 0 Å². The van der Waals surface area contributed by atoms with Gasteiger partial charge in [-0.15, -0.1) is 0 Å². The van der Waals surface area contributed by atoms with E-state index in [4.69, 9.17) is 9.47 Å². The van der Waals surface area contributed by atoms with Crippen molar-refractivity contribution in [3.05, 3.63) is 35.9 Å². The van der Waals surface area contributed by atoms with Crippen molar-refractivity contribution in [2.75, 3.05) is 40.0 Å². The summed E-state index contributed by atoms with van der Waals surface area (Å²) >= 11 is 0. The Morgan fingerprint density at radius 1 is 1.30 bits per heavy atom. The first-order valence-electron chi connectivity index (χ1n) is 8.25. The third-order valence-corrected chi connectivity index (χ3v) is 3.94. The predicted molar refractivity (Wildman–Crippen MR) is 93.6 cm³/mol. The summed E-state index contributed by atoms with van der Waals surface area (Å²) in [5.41, 5.74) is 1.45. The number of benzene rings is 1. The predicted octanol–water partition coefficient (Wildman–Crippen LogP) is 2.04. The van der Waals surface area contributed by atoms with Crippen LogP contribution in [0, 0.1) is 11.3 Å². The molecule has 1 atom stereocenters. The molecule has 1 aliphatic heterocycles. The molecule has 1 aliphatic rings. The molecular weight excluding hydrogens is 290 g/mol. The zero-order valence-electron chi connectivity index (χ0n) is 14.5. The molecule has 0 bridgehead atoms. The largest absolute Gasteiger partial charge is 0.380 e. The lowest BCUT2D eigenvalue weighted by atomic mass is 9.89. The molecule has 128 valence electrons. The Bertz CT molecular complexity index is 486. The molecule has 23 heavy (non-hydrogen) atoms. The van der Waals surface area contributed by atoms with E-state index < -0.39 is 0 Å². The lowest BCUT2D eigenvalue weighted by Crippen LogP contribution is -2.51. The van der Waals surface area contributed by atoms with Gasteiger partial charge in [0, 0.05) is 25.6 Å². The van der Waals surface area contributed by atoms with Crippen molar-refractivity contribution < 1.29 is 9.47 Å². The fraction of sp³-hybridized carbons (Fsp3) is 0.611. The highest BCUT2D eigenvalue weighted by atomic mass is 16.5. The van der Waals surface area contributed by atoms with Crippen molar-refractivity contribution in [3.63, 3.8) is 0 Å². The molecule has 1 unspecified atom stereocenters. The van der Waals surface area contributed by atoms with Crippen LogP contribution in [0.1, 0.15) is 19.4 Å². The first-order valence-corrected chi connectivity index (χ1v) is 8.25. The van der Waals surface area contributed by atoms with E-state index in [0.29, 0.717) is 12.5 Å². The molecule has 0 aliphatic carbocycles. The van der Waals surface area contributed by atoms with Gasteiger partial charge in [-0.05, 0) is 11.5 Å². The van der Waals surface area contributed by atoms with Crippen molar-refractivity contribution >= 4 is 5.96 Å². The van der Waals surface area contributed by atoms with Gasteiger partial charge in [-0.1, -0.05) is 44.2 Å². The highest BCUT2D eigenvalue weighted by Gasteiger charge is 2.33. The summed E-state index contributed by atoms with van der Waals surface area (Å²) in [6.07, 6.45) is 0. The fourth-order valence-corrected chi connectivity index (χ4v) is 2.35. The van der Waals surface area contributed by atoms with Crippen LogP contribution in [0.5, 0.6) is 0 Å². The lowest BCUT2D eigenvalue weighted by Gasteiger charge is -2.38. The fourth-order valence-electron chi connectivity index (χ4n) is 2.35. The van der Waals surface area contributed by atoms with Crippen molar-refractivity contribution in [1.29, 1.82) is 0 Å². The molecule has 2 rings (SSSR count). The van der Waals surface area contributed by atoms with Crippen LogP contribution >= 0.6 is 0 Å². The molecule has 1 heterocycles. The molecule has 0 radical (unpaired) electrons. The average molecular weight is 319 g/mol. The Labute approximate surface area is 139 Å². The summed E-state index contributed by atoms with van der Waals surface area (Å²) in [5.74, 6) is 1.26. The summed E-state index contributed by atoms with van der Waals surface area (Å²) in [5, 5.41) is 6.72. The Morgan fingerprint density at radius 2 is 2.04 bits per heavy atom. The van der Waals surface area contributed by atoms with Crippen LogP contribution in [-0.2, 0) is 16.1 Å². The van der Waals surface area contributed by atoms with Gasteiger partial charge in [0.25, 0.3) is 0 Å². The lowest BCUT2D eigenvalue weighted by molar-refractivity contribution is -0.0971. The van der Waals surface area contributed by atoms with Crippen molar-refractivity contribution in [2.45, 2.75) is 20.5 Å². The second-order valence-electron chi connectivity index (χ2n) is 6.72. The molecule has 0 amide bonds. The third-order valence-electron chi connectivity index (χ3n) is 3.94. The van der Waals surface area contributed by atoms with E-state index in [2.05, 4.69) is 41.6 Å². The van der Waals surface area contributed by atoms with Gasteiger partial charge >= 0.3 is 0 Å². The van der Waals surface area contributed by atoms with Crippen LogP contribution in [0.4, 0.5) is 0 Å². The maximum atomic E-state index is 5.77. The molecule has 0 aromatic heterocycles. The topological polar surface area (TPSA) is 54.9 Å². The zero-order chi connectivity index (χ0) is 16.5. The molecule has 1 aromatic rings. The van der Waals surface area contributed by atoms with Gasteiger partial charge in [0.15, 0.2) is 5.96 Å². The van der Waals surface area contributed by atoms with Crippen LogP contribution in [-0.4, -0.2) is 45.9 Å². The van der Waals surface area contributed by atoms with Gasteiger partial charge < -0.3 is 20.1 Å². The summed E-state index contributed by atoms with van der Waals surface area (Å²) in [4.78, 5) is 4.26. The third kappa shape index (κ3) is 6.20. The highest BCUT2D eigenvalue weighted by Crippen LogP contribution is 2.24.